The van der Waals surface area contributed by atoms with Gasteiger partial charge in [-0.2, -0.15) is 0 Å². The van der Waals surface area contributed by atoms with Crippen molar-refractivity contribution in [3.05, 3.63) is 18.6 Å². The molecule has 1 aromatic heterocycles. The Balaban J connectivity index is 1.95. The lowest BCUT2D eigenvalue weighted by atomic mass is 10.2. The van der Waals surface area contributed by atoms with Gasteiger partial charge in [-0.1, -0.05) is 11.6 Å². The average molecular weight is 358 g/mol. The van der Waals surface area contributed by atoms with Gasteiger partial charge in [-0.15, -0.1) is 0 Å². The van der Waals surface area contributed by atoms with E-state index in [0.29, 0.717) is 32.8 Å². The second-order valence-corrected chi connectivity index (χ2v) is 6.80. The number of alkyl halides is 1. The molecule has 2 heterocycles. The van der Waals surface area contributed by atoms with Gasteiger partial charge in [0.05, 0.1) is 19.7 Å². The number of alkyl carbamates (subject to hydrolysis) is 1. The summed E-state index contributed by atoms with van der Waals surface area (Å²) in [5, 5.41) is 6.78. The highest BCUT2D eigenvalue weighted by Crippen LogP contribution is 2.16. The Morgan fingerprint density at radius 2 is 2.38 bits per heavy atom. The average Bonchev–Trinajstić information content (AvgIpc) is 2.50. The van der Waals surface area contributed by atoms with Gasteiger partial charge in [-0.05, 0) is 20.8 Å². The third kappa shape index (κ3) is 6.10. The fraction of sp³-hybridized carbons (Fsp3) is 0.667. The highest BCUT2D eigenvalue weighted by molar-refractivity contribution is 6.19. The molecule has 0 saturated carbocycles. The van der Waals surface area contributed by atoms with Crippen LogP contribution in [-0.2, 0) is 9.47 Å². The number of nitrogens with zero attached hydrogens (tertiary/aromatic N) is 4. The fourth-order valence-corrected chi connectivity index (χ4v) is 2.48. The van der Waals surface area contributed by atoms with E-state index >= 15 is 0 Å². The number of amides is 1. The number of anilines is 1. The van der Waals surface area contributed by atoms with Crippen LogP contribution in [0.2, 0.25) is 0 Å². The summed E-state index contributed by atoms with van der Waals surface area (Å²) in [5.74, 6) is 0.738. The molecule has 1 atom stereocenters. The lowest BCUT2D eigenvalue weighted by molar-refractivity contribution is 0.00811. The van der Waals surface area contributed by atoms with E-state index in [1.165, 1.54) is 6.33 Å². The van der Waals surface area contributed by atoms with E-state index in [0.717, 1.165) is 5.82 Å². The predicted octanol–water partition coefficient (Wildman–Crippen LogP) is 1.62. The van der Waals surface area contributed by atoms with Crippen molar-refractivity contribution in [2.24, 2.45) is 0 Å². The highest BCUT2D eigenvalue weighted by atomic mass is 35.5. The standard InChI is InChI=1S/C15H24ClN5O3/c1-15(2,3)24-14(22)18-6-7-21(13-4-5-17-11-19-13)20-8-9-23-12(16)10-20/h4-5,11-12H,6-10H2,1-3H3,(H,18,22). The molecular weight excluding hydrogens is 334 g/mol. The minimum atomic E-state index is -0.521. The maximum atomic E-state index is 11.8. The van der Waals surface area contributed by atoms with Crippen LogP contribution in [0.1, 0.15) is 20.8 Å². The summed E-state index contributed by atoms with van der Waals surface area (Å²) in [6.45, 7) is 8.19. The maximum Gasteiger partial charge on any atom is 0.407 e. The van der Waals surface area contributed by atoms with Crippen molar-refractivity contribution in [1.82, 2.24) is 20.3 Å². The van der Waals surface area contributed by atoms with Crippen LogP contribution in [0.3, 0.4) is 0 Å². The molecule has 1 saturated heterocycles. The van der Waals surface area contributed by atoms with Gasteiger partial charge in [0.15, 0.2) is 0 Å². The highest BCUT2D eigenvalue weighted by Gasteiger charge is 2.25. The van der Waals surface area contributed by atoms with Crippen molar-refractivity contribution < 1.29 is 14.3 Å². The third-order valence-corrected chi connectivity index (χ3v) is 3.43. The van der Waals surface area contributed by atoms with Crippen molar-refractivity contribution in [1.29, 1.82) is 0 Å². The molecule has 1 aliphatic heterocycles. The first-order chi connectivity index (χ1) is 11.3. The van der Waals surface area contributed by atoms with E-state index in [2.05, 4.69) is 20.3 Å². The lowest BCUT2D eigenvalue weighted by Crippen LogP contribution is -2.53. The number of morpholine rings is 1. The number of hydrogen-bond donors (Lipinski definition) is 1. The molecule has 0 aliphatic carbocycles. The Morgan fingerprint density at radius 3 is 3.00 bits per heavy atom. The number of nitrogens with one attached hydrogen (secondary N) is 1. The normalized spacial score (nSPS) is 18.9. The zero-order chi connectivity index (χ0) is 17.6. The summed E-state index contributed by atoms with van der Waals surface area (Å²) in [6.07, 6.45) is 2.72. The first kappa shape index (κ1) is 18.7. The third-order valence-electron chi connectivity index (χ3n) is 3.17. The van der Waals surface area contributed by atoms with Crippen LogP contribution in [0.5, 0.6) is 0 Å². The topological polar surface area (TPSA) is 79.8 Å². The van der Waals surface area contributed by atoms with Crippen molar-refractivity contribution >= 4 is 23.5 Å². The van der Waals surface area contributed by atoms with E-state index in [4.69, 9.17) is 21.1 Å². The zero-order valence-electron chi connectivity index (χ0n) is 14.2. The van der Waals surface area contributed by atoms with E-state index < -0.39 is 11.7 Å². The molecule has 24 heavy (non-hydrogen) atoms. The van der Waals surface area contributed by atoms with Crippen molar-refractivity contribution in [3.8, 4) is 0 Å². The first-order valence-electron chi connectivity index (χ1n) is 7.86. The van der Waals surface area contributed by atoms with E-state index in [1.807, 2.05) is 31.8 Å². The Bertz CT molecular complexity index is 526. The summed E-state index contributed by atoms with van der Waals surface area (Å²) in [4.78, 5) is 20.0. The largest absolute Gasteiger partial charge is 0.444 e. The lowest BCUT2D eigenvalue weighted by Gasteiger charge is -2.39. The number of carbonyl (C=O) groups is 1. The second kappa shape index (κ2) is 8.46. The Labute approximate surface area is 147 Å². The Morgan fingerprint density at radius 1 is 1.58 bits per heavy atom. The molecule has 0 bridgehead atoms. The minimum Gasteiger partial charge on any atom is -0.444 e. The molecule has 2 rings (SSSR count). The van der Waals surface area contributed by atoms with Crippen LogP contribution >= 0.6 is 11.6 Å². The predicted molar refractivity (Wildman–Crippen MR) is 90.8 cm³/mol. The zero-order valence-corrected chi connectivity index (χ0v) is 15.0. The molecule has 1 aliphatic rings. The molecular formula is C15H24ClN5O3. The van der Waals surface area contributed by atoms with Gasteiger partial charge in [0.25, 0.3) is 0 Å². The SMILES string of the molecule is CC(C)(C)OC(=O)NCCN(c1ccncn1)N1CCOC(Cl)C1. The maximum absolute atomic E-state index is 11.8. The number of rotatable bonds is 5. The molecule has 1 unspecified atom stereocenters. The molecule has 1 amide bonds. The molecule has 0 radical (unpaired) electrons. The van der Waals surface area contributed by atoms with Crippen LogP contribution in [0.15, 0.2) is 18.6 Å². The monoisotopic (exact) mass is 357 g/mol. The summed E-state index contributed by atoms with van der Waals surface area (Å²) in [7, 11) is 0. The Kier molecular flexibility index (Phi) is 6.59. The number of hydrazine groups is 1. The van der Waals surface area contributed by atoms with Crippen molar-refractivity contribution in [2.75, 3.05) is 37.8 Å². The van der Waals surface area contributed by atoms with Gasteiger partial charge in [0, 0.05) is 25.4 Å². The minimum absolute atomic E-state index is 0.373. The van der Waals surface area contributed by atoms with Gasteiger partial charge in [0.2, 0.25) is 0 Å². The van der Waals surface area contributed by atoms with Crippen LogP contribution in [0, 0.1) is 0 Å². The van der Waals surface area contributed by atoms with Crippen molar-refractivity contribution in [3.63, 3.8) is 0 Å². The molecule has 134 valence electrons. The molecule has 8 nitrogen and oxygen atoms in total. The Hall–Kier alpha value is -1.64. The van der Waals surface area contributed by atoms with E-state index in [9.17, 15) is 4.79 Å². The molecule has 0 aromatic carbocycles. The molecule has 1 fully saturated rings. The first-order valence-corrected chi connectivity index (χ1v) is 8.30. The smallest absolute Gasteiger partial charge is 0.407 e. The number of ether oxygens (including phenoxy) is 2. The number of hydrogen-bond acceptors (Lipinski definition) is 7. The second-order valence-electron chi connectivity index (χ2n) is 6.31. The number of carbonyl (C=O) groups excluding carboxylic acids is 1. The summed E-state index contributed by atoms with van der Waals surface area (Å²) in [6, 6.07) is 1.81. The van der Waals surface area contributed by atoms with E-state index in [-0.39, 0.29) is 5.56 Å². The van der Waals surface area contributed by atoms with E-state index in [1.54, 1.807) is 6.20 Å². The van der Waals surface area contributed by atoms with Gasteiger partial charge < -0.3 is 14.8 Å². The molecule has 1 aromatic rings. The van der Waals surface area contributed by atoms with Gasteiger partial charge in [-0.3, -0.25) is 5.01 Å². The summed E-state index contributed by atoms with van der Waals surface area (Å²) >= 11 is 6.09. The van der Waals surface area contributed by atoms with Crippen LogP contribution in [0.25, 0.3) is 0 Å². The molecule has 1 N–H and O–H groups in total. The number of aromatic nitrogens is 2. The fourth-order valence-electron chi connectivity index (χ4n) is 2.23. The quantitative estimate of drug-likeness (QED) is 0.802. The summed E-state index contributed by atoms with van der Waals surface area (Å²) in [5.41, 5.74) is -0.895. The number of halogens is 1. The van der Waals surface area contributed by atoms with Gasteiger partial charge >= 0.3 is 6.09 Å². The van der Waals surface area contributed by atoms with Crippen LogP contribution in [-0.4, -0.2) is 65.0 Å². The van der Waals surface area contributed by atoms with Gasteiger partial charge in [-0.25, -0.2) is 19.8 Å². The summed E-state index contributed by atoms with van der Waals surface area (Å²) < 4.78 is 10.6. The van der Waals surface area contributed by atoms with Crippen LogP contribution < -0.4 is 10.3 Å². The van der Waals surface area contributed by atoms with Gasteiger partial charge in [0.1, 0.15) is 23.3 Å². The van der Waals surface area contributed by atoms with Crippen molar-refractivity contribution in [2.45, 2.75) is 31.9 Å². The van der Waals surface area contributed by atoms with Crippen LogP contribution in [0.4, 0.5) is 10.6 Å². The molecule has 9 heteroatoms. The molecule has 0 spiro atoms.